The Hall–Kier alpha value is -3.75. The number of aromatic nitrogens is 4. The van der Waals surface area contributed by atoms with Gasteiger partial charge in [0, 0.05) is 16.9 Å². The standard InChI is InChI=1S/C22H25N7O2/c1-14(2)19(25-22(31)24-16-6-4-3-5-7-16)21(30)23-17-10-8-15(9-11-17)20-26-27-28-29(20)18-12-13-18/h3-11,14,18-19H,12-13H2,1-2H3,(H,23,30)(H2,24,25,31)/t19-/m0/s1. The molecule has 1 aliphatic carbocycles. The fraction of sp³-hybridized carbons (Fsp3) is 0.318. The summed E-state index contributed by atoms with van der Waals surface area (Å²) in [5.74, 6) is 0.345. The van der Waals surface area contributed by atoms with Crippen molar-refractivity contribution in [2.45, 2.75) is 38.8 Å². The number of nitrogens with zero attached hydrogens (tertiary/aromatic N) is 4. The van der Waals surface area contributed by atoms with Gasteiger partial charge in [-0.15, -0.1) is 5.10 Å². The molecule has 160 valence electrons. The Balaban J connectivity index is 1.39. The number of amides is 3. The summed E-state index contributed by atoms with van der Waals surface area (Å²) in [5, 5.41) is 20.3. The predicted octanol–water partition coefficient (Wildman–Crippen LogP) is 3.46. The highest BCUT2D eigenvalue weighted by atomic mass is 16.2. The molecule has 3 N–H and O–H groups in total. The lowest BCUT2D eigenvalue weighted by molar-refractivity contribution is -0.118. The maximum absolute atomic E-state index is 12.8. The average Bonchev–Trinajstić information content (AvgIpc) is 3.49. The van der Waals surface area contributed by atoms with Crippen molar-refractivity contribution in [1.82, 2.24) is 25.5 Å². The predicted molar refractivity (Wildman–Crippen MR) is 117 cm³/mol. The maximum Gasteiger partial charge on any atom is 0.319 e. The number of hydrogen-bond donors (Lipinski definition) is 3. The van der Waals surface area contributed by atoms with Crippen LogP contribution in [0, 0.1) is 5.92 Å². The maximum atomic E-state index is 12.8. The van der Waals surface area contributed by atoms with E-state index in [1.54, 1.807) is 24.3 Å². The Morgan fingerprint density at radius 3 is 2.29 bits per heavy atom. The Kier molecular flexibility index (Phi) is 5.92. The highest BCUT2D eigenvalue weighted by molar-refractivity contribution is 5.99. The molecule has 1 aromatic heterocycles. The highest BCUT2D eigenvalue weighted by Gasteiger charge is 2.28. The molecule has 1 heterocycles. The second-order valence-electron chi connectivity index (χ2n) is 7.93. The summed E-state index contributed by atoms with van der Waals surface area (Å²) in [7, 11) is 0. The Morgan fingerprint density at radius 2 is 1.65 bits per heavy atom. The summed E-state index contributed by atoms with van der Waals surface area (Å²) >= 11 is 0. The third-order valence-electron chi connectivity index (χ3n) is 5.06. The molecule has 31 heavy (non-hydrogen) atoms. The summed E-state index contributed by atoms with van der Waals surface area (Å²) in [4.78, 5) is 25.1. The summed E-state index contributed by atoms with van der Waals surface area (Å²) < 4.78 is 1.84. The van der Waals surface area contributed by atoms with Crippen molar-refractivity contribution in [3.63, 3.8) is 0 Å². The number of tetrazole rings is 1. The highest BCUT2D eigenvalue weighted by Crippen LogP contribution is 2.36. The SMILES string of the molecule is CC(C)[C@H](NC(=O)Nc1ccccc1)C(=O)Nc1ccc(-c2nnnn2C2CC2)cc1. The molecule has 0 aliphatic heterocycles. The van der Waals surface area contributed by atoms with E-state index in [1.807, 2.05) is 48.9 Å². The summed E-state index contributed by atoms with van der Waals surface area (Å²) in [5.41, 5.74) is 2.18. The second kappa shape index (κ2) is 8.95. The van der Waals surface area contributed by atoms with Crippen LogP contribution in [-0.4, -0.2) is 38.2 Å². The van der Waals surface area contributed by atoms with E-state index >= 15 is 0 Å². The third-order valence-corrected chi connectivity index (χ3v) is 5.06. The molecule has 0 saturated heterocycles. The minimum Gasteiger partial charge on any atom is -0.326 e. The van der Waals surface area contributed by atoms with Gasteiger partial charge in [0.05, 0.1) is 6.04 Å². The Bertz CT molecular complexity index is 1040. The lowest BCUT2D eigenvalue weighted by atomic mass is 10.0. The van der Waals surface area contributed by atoms with Crippen molar-refractivity contribution in [2.75, 3.05) is 10.6 Å². The van der Waals surface area contributed by atoms with Gasteiger partial charge in [-0.1, -0.05) is 32.0 Å². The topological polar surface area (TPSA) is 114 Å². The van der Waals surface area contributed by atoms with Gasteiger partial charge in [-0.2, -0.15) is 0 Å². The Morgan fingerprint density at radius 1 is 0.968 bits per heavy atom. The van der Waals surface area contributed by atoms with Crippen molar-refractivity contribution < 1.29 is 9.59 Å². The van der Waals surface area contributed by atoms with Gasteiger partial charge >= 0.3 is 6.03 Å². The van der Waals surface area contributed by atoms with Gasteiger partial charge in [0.15, 0.2) is 5.82 Å². The van der Waals surface area contributed by atoms with Gasteiger partial charge in [0.25, 0.3) is 0 Å². The monoisotopic (exact) mass is 419 g/mol. The molecule has 0 radical (unpaired) electrons. The molecule has 0 spiro atoms. The molecule has 3 aromatic rings. The zero-order chi connectivity index (χ0) is 21.8. The quantitative estimate of drug-likeness (QED) is 0.543. The molecule has 9 nitrogen and oxygen atoms in total. The minimum absolute atomic E-state index is 0.0936. The minimum atomic E-state index is -0.689. The first-order valence-corrected chi connectivity index (χ1v) is 10.3. The van der Waals surface area contributed by atoms with Crippen molar-refractivity contribution in [1.29, 1.82) is 0 Å². The average molecular weight is 419 g/mol. The van der Waals surface area contributed by atoms with E-state index in [0.29, 0.717) is 17.4 Å². The van der Waals surface area contributed by atoms with Crippen LogP contribution in [0.25, 0.3) is 11.4 Å². The van der Waals surface area contributed by atoms with E-state index in [-0.39, 0.29) is 11.8 Å². The summed E-state index contributed by atoms with van der Waals surface area (Å²) in [6, 6.07) is 15.7. The smallest absolute Gasteiger partial charge is 0.319 e. The fourth-order valence-corrected chi connectivity index (χ4v) is 3.24. The summed E-state index contributed by atoms with van der Waals surface area (Å²) in [6.07, 6.45) is 2.18. The van der Waals surface area contributed by atoms with E-state index in [9.17, 15) is 9.59 Å². The molecular weight excluding hydrogens is 394 g/mol. The van der Waals surface area contributed by atoms with Crippen LogP contribution in [0.2, 0.25) is 0 Å². The van der Waals surface area contributed by atoms with E-state index < -0.39 is 12.1 Å². The van der Waals surface area contributed by atoms with Crippen LogP contribution < -0.4 is 16.0 Å². The van der Waals surface area contributed by atoms with Crippen LogP contribution in [-0.2, 0) is 4.79 Å². The molecule has 1 aliphatic rings. The zero-order valence-corrected chi connectivity index (χ0v) is 17.4. The van der Waals surface area contributed by atoms with Crippen molar-refractivity contribution in [3.05, 3.63) is 54.6 Å². The van der Waals surface area contributed by atoms with Crippen LogP contribution in [0.15, 0.2) is 54.6 Å². The van der Waals surface area contributed by atoms with Crippen LogP contribution in [0.5, 0.6) is 0 Å². The lowest BCUT2D eigenvalue weighted by Crippen LogP contribution is -2.48. The lowest BCUT2D eigenvalue weighted by Gasteiger charge is -2.22. The normalized spacial score (nSPS) is 14.2. The molecule has 1 atom stereocenters. The van der Waals surface area contributed by atoms with Gasteiger partial charge in [0.1, 0.15) is 6.04 Å². The van der Waals surface area contributed by atoms with Crippen molar-refractivity contribution in [3.8, 4) is 11.4 Å². The second-order valence-corrected chi connectivity index (χ2v) is 7.93. The van der Waals surface area contributed by atoms with Crippen molar-refractivity contribution >= 4 is 23.3 Å². The van der Waals surface area contributed by atoms with Gasteiger partial charge in [-0.25, -0.2) is 9.48 Å². The fourth-order valence-electron chi connectivity index (χ4n) is 3.24. The molecule has 9 heteroatoms. The first-order valence-electron chi connectivity index (χ1n) is 10.3. The van der Waals surface area contributed by atoms with Gasteiger partial charge in [0.2, 0.25) is 5.91 Å². The van der Waals surface area contributed by atoms with E-state index in [2.05, 4.69) is 31.5 Å². The molecule has 2 aromatic carbocycles. The van der Waals surface area contributed by atoms with E-state index in [0.717, 1.165) is 24.2 Å². The number of para-hydroxylation sites is 1. The molecule has 1 saturated carbocycles. The Labute approximate surface area is 180 Å². The number of carbonyl (C=O) groups excluding carboxylic acids is 2. The number of hydrogen-bond acceptors (Lipinski definition) is 5. The number of nitrogens with one attached hydrogen (secondary N) is 3. The first-order chi connectivity index (χ1) is 15.0. The molecule has 0 unspecified atom stereocenters. The van der Waals surface area contributed by atoms with Gasteiger partial charge < -0.3 is 16.0 Å². The zero-order valence-electron chi connectivity index (χ0n) is 17.4. The number of benzene rings is 2. The van der Waals surface area contributed by atoms with Crippen LogP contribution in [0.1, 0.15) is 32.7 Å². The molecule has 1 fully saturated rings. The van der Waals surface area contributed by atoms with E-state index in [1.165, 1.54) is 0 Å². The number of rotatable bonds is 7. The summed E-state index contributed by atoms with van der Waals surface area (Å²) in [6.45, 7) is 3.77. The molecule has 4 rings (SSSR count). The van der Waals surface area contributed by atoms with Crippen LogP contribution in [0.3, 0.4) is 0 Å². The molecule has 3 amide bonds. The van der Waals surface area contributed by atoms with Crippen LogP contribution in [0.4, 0.5) is 16.2 Å². The van der Waals surface area contributed by atoms with E-state index in [4.69, 9.17) is 0 Å². The number of carbonyl (C=O) groups is 2. The number of urea groups is 1. The van der Waals surface area contributed by atoms with Crippen molar-refractivity contribution in [2.24, 2.45) is 5.92 Å². The van der Waals surface area contributed by atoms with Crippen LogP contribution >= 0.6 is 0 Å². The largest absolute Gasteiger partial charge is 0.326 e. The third kappa shape index (κ3) is 5.06. The molecule has 0 bridgehead atoms. The first kappa shape index (κ1) is 20.5. The van der Waals surface area contributed by atoms with Gasteiger partial charge in [-0.05, 0) is 65.6 Å². The molecular formula is C22H25N7O2. The van der Waals surface area contributed by atoms with Gasteiger partial charge in [-0.3, -0.25) is 4.79 Å². The number of anilines is 2.